The Hall–Kier alpha value is -3.61. The molecule has 0 aliphatic carbocycles. The molecule has 0 spiro atoms. The van der Waals surface area contributed by atoms with E-state index < -0.39 is 0 Å². The van der Waals surface area contributed by atoms with Gasteiger partial charge in [-0.25, -0.2) is 4.98 Å². The molecular weight excluding hydrogens is 440 g/mol. The fourth-order valence-electron chi connectivity index (χ4n) is 4.14. The zero-order chi connectivity index (χ0) is 24.5. The van der Waals surface area contributed by atoms with Crippen molar-refractivity contribution in [1.29, 1.82) is 0 Å². The highest BCUT2D eigenvalue weighted by Gasteiger charge is 2.11. The average molecular weight is 475 g/mol. The maximum atomic E-state index is 12.9. The first kappa shape index (κ1) is 24.5. The molecule has 0 saturated carbocycles. The summed E-state index contributed by atoms with van der Waals surface area (Å²) >= 11 is 0. The SMILES string of the molecule is CCCCCCCCCCOc1ccc(C=Nn2cnc3c([nH]c4ccc(OC)cc43)c2=O)cc1. The van der Waals surface area contributed by atoms with Gasteiger partial charge in [0.05, 0.1) is 19.9 Å². The van der Waals surface area contributed by atoms with Gasteiger partial charge in [-0.15, -0.1) is 0 Å². The van der Waals surface area contributed by atoms with Crippen molar-refractivity contribution >= 4 is 28.2 Å². The summed E-state index contributed by atoms with van der Waals surface area (Å²) in [6.07, 6.45) is 13.4. The molecule has 35 heavy (non-hydrogen) atoms. The van der Waals surface area contributed by atoms with Crippen LogP contribution in [0.4, 0.5) is 0 Å². The molecule has 0 bridgehead atoms. The Bertz CT molecular complexity index is 1320. The summed E-state index contributed by atoms with van der Waals surface area (Å²) in [6.45, 7) is 2.98. The number of nitrogens with zero attached hydrogens (tertiary/aromatic N) is 3. The second kappa shape index (κ2) is 12.2. The number of nitrogens with one attached hydrogen (secondary N) is 1. The minimum Gasteiger partial charge on any atom is -0.497 e. The number of hydrogen-bond acceptors (Lipinski definition) is 5. The third-order valence-electron chi connectivity index (χ3n) is 6.17. The van der Waals surface area contributed by atoms with E-state index in [9.17, 15) is 4.79 Å². The molecule has 2 heterocycles. The van der Waals surface area contributed by atoms with Crippen LogP contribution in [0.5, 0.6) is 11.5 Å². The second-order valence-electron chi connectivity index (χ2n) is 8.79. The number of H-pyrrole nitrogens is 1. The molecular formula is C28H34N4O3. The number of rotatable bonds is 13. The molecule has 0 aliphatic rings. The van der Waals surface area contributed by atoms with E-state index in [1.165, 1.54) is 55.9 Å². The van der Waals surface area contributed by atoms with Crippen LogP contribution >= 0.6 is 0 Å². The molecule has 7 nitrogen and oxygen atoms in total. The fraction of sp³-hybridized carbons (Fsp3) is 0.393. The summed E-state index contributed by atoms with van der Waals surface area (Å²) in [5, 5.41) is 5.16. The van der Waals surface area contributed by atoms with Crippen molar-refractivity contribution in [3.05, 3.63) is 64.7 Å². The van der Waals surface area contributed by atoms with Gasteiger partial charge in [-0.3, -0.25) is 4.79 Å². The van der Waals surface area contributed by atoms with Crippen LogP contribution in [-0.2, 0) is 0 Å². The van der Waals surface area contributed by atoms with Gasteiger partial charge in [-0.2, -0.15) is 9.78 Å². The molecule has 2 aromatic carbocycles. The van der Waals surface area contributed by atoms with E-state index in [0.29, 0.717) is 16.8 Å². The Morgan fingerprint density at radius 2 is 1.69 bits per heavy atom. The van der Waals surface area contributed by atoms with Gasteiger partial charge < -0.3 is 14.5 Å². The molecule has 0 aliphatic heterocycles. The van der Waals surface area contributed by atoms with Gasteiger partial charge in [-0.1, -0.05) is 51.9 Å². The maximum absolute atomic E-state index is 12.9. The summed E-state index contributed by atoms with van der Waals surface area (Å²) < 4.78 is 12.4. The summed E-state index contributed by atoms with van der Waals surface area (Å²) in [5.41, 5.74) is 2.46. The van der Waals surface area contributed by atoms with Gasteiger partial charge >= 0.3 is 0 Å². The Morgan fingerprint density at radius 3 is 2.43 bits per heavy atom. The first-order chi connectivity index (χ1) is 17.2. The molecule has 4 rings (SSSR count). The average Bonchev–Trinajstić information content (AvgIpc) is 3.27. The molecule has 2 aromatic heterocycles. The molecule has 0 saturated heterocycles. The topological polar surface area (TPSA) is 81.5 Å². The van der Waals surface area contributed by atoms with Gasteiger partial charge in [0.25, 0.3) is 5.56 Å². The first-order valence-electron chi connectivity index (χ1n) is 12.5. The largest absolute Gasteiger partial charge is 0.497 e. The van der Waals surface area contributed by atoms with E-state index in [0.717, 1.165) is 35.2 Å². The standard InChI is InChI=1S/C28H34N4O3/c1-3-4-5-6-7-8-9-10-17-35-22-13-11-21(12-14-22)19-30-32-20-29-26-24-18-23(34-2)15-16-25(24)31-27(26)28(32)33/h11-16,18-20,31H,3-10,17H2,1-2H3. The lowest BCUT2D eigenvalue weighted by Gasteiger charge is -2.06. The van der Waals surface area contributed by atoms with E-state index in [4.69, 9.17) is 9.47 Å². The summed E-state index contributed by atoms with van der Waals surface area (Å²) in [4.78, 5) is 20.5. The smallest absolute Gasteiger partial charge is 0.298 e. The maximum Gasteiger partial charge on any atom is 0.298 e. The molecule has 0 radical (unpaired) electrons. The van der Waals surface area contributed by atoms with Crippen molar-refractivity contribution in [2.75, 3.05) is 13.7 Å². The van der Waals surface area contributed by atoms with Crippen molar-refractivity contribution in [2.45, 2.75) is 58.3 Å². The Kier molecular flexibility index (Phi) is 8.54. The highest BCUT2D eigenvalue weighted by Crippen LogP contribution is 2.25. The lowest BCUT2D eigenvalue weighted by molar-refractivity contribution is 0.304. The van der Waals surface area contributed by atoms with Gasteiger partial charge in [0.2, 0.25) is 0 Å². The molecule has 7 heteroatoms. The molecule has 0 amide bonds. The quantitative estimate of drug-likeness (QED) is 0.182. The first-order valence-corrected chi connectivity index (χ1v) is 12.5. The minimum atomic E-state index is -0.258. The van der Waals surface area contributed by atoms with E-state index in [2.05, 4.69) is 22.0 Å². The number of methoxy groups -OCH3 is 1. The second-order valence-corrected chi connectivity index (χ2v) is 8.79. The number of ether oxygens (including phenoxy) is 2. The fourth-order valence-corrected chi connectivity index (χ4v) is 4.14. The van der Waals surface area contributed by atoms with Crippen molar-refractivity contribution in [2.24, 2.45) is 5.10 Å². The van der Waals surface area contributed by atoms with Crippen LogP contribution in [-0.4, -0.2) is 34.6 Å². The molecule has 0 fully saturated rings. The Morgan fingerprint density at radius 1 is 0.971 bits per heavy atom. The van der Waals surface area contributed by atoms with Crippen LogP contribution in [0.25, 0.3) is 21.9 Å². The predicted octanol–water partition coefficient (Wildman–Crippen LogP) is 6.29. The Balaban J connectivity index is 1.32. The van der Waals surface area contributed by atoms with Crippen molar-refractivity contribution < 1.29 is 9.47 Å². The number of benzene rings is 2. The van der Waals surface area contributed by atoms with Gasteiger partial charge in [0, 0.05) is 10.9 Å². The highest BCUT2D eigenvalue weighted by atomic mass is 16.5. The number of unbranched alkanes of at least 4 members (excludes halogenated alkanes) is 7. The third-order valence-corrected chi connectivity index (χ3v) is 6.17. The lowest BCUT2D eigenvalue weighted by atomic mass is 10.1. The van der Waals surface area contributed by atoms with Crippen molar-refractivity contribution in [3.63, 3.8) is 0 Å². The summed E-state index contributed by atoms with van der Waals surface area (Å²) in [6, 6.07) is 13.3. The van der Waals surface area contributed by atoms with Gasteiger partial charge in [0.1, 0.15) is 28.9 Å². The zero-order valence-corrected chi connectivity index (χ0v) is 20.6. The zero-order valence-electron chi connectivity index (χ0n) is 20.6. The van der Waals surface area contributed by atoms with Crippen molar-refractivity contribution in [3.8, 4) is 11.5 Å². The van der Waals surface area contributed by atoms with Crippen LogP contribution in [0.3, 0.4) is 0 Å². The van der Waals surface area contributed by atoms with Crippen LogP contribution in [0.15, 0.2) is 58.7 Å². The van der Waals surface area contributed by atoms with Crippen LogP contribution in [0.1, 0.15) is 63.9 Å². The van der Waals surface area contributed by atoms with Gasteiger partial charge in [-0.05, 0) is 54.4 Å². The summed E-state index contributed by atoms with van der Waals surface area (Å²) in [7, 11) is 1.61. The molecule has 4 aromatic rings. The predicted molar refractivity (Wildman–Crippen MR) is 142 cm³/mol. The number of hydrogen-bond donors (Lipinski definition) is 1. The van der Waals surface area contributed by atoms with Crippen molar-refractivity contribution in [1.82, 2.24) is 14.6 Å². The number of aromatic nitrogens is 3. The normalized spacial score (nSPS) is 11.6. The Labute approximate surface area is 205 Å². The van der Waals surface area contributed by atoms with Crippen LogP contribution < -0.4 is 15.0 Å². The van der Waals surface area contributed by atoms with Crippen LogP contribution in [0, 0.1) is 0 Å². The van der Waals surface area contributed by atoms with Crippen LogP contribution in [0.2, 0.25) is 0 Å². The third kappa shape index (κ3) is 6.29. The molecule has 1 N–H and O–H groups in total. The monoisotopic (exact) mass is 474 g/mol. The number of aromatic amines is 1. The molecule has 0 atom stereocenters. The van der Waals surface area contributed by atoms with E-state index in [1.54, 1.807) is 13.3 Å². The lowest BCUT2D eigenvalue weighted by Crippen LogP contribution is -2.17. The number of fused-ring (bicyclic) bond motifs is 3. The van der Waals surface area contributed by atoms with E-state index in [1.807, 2.05) is 42.5 Å². The molecule has 184 valence electrons. The molecule has 0 unspecified atom stereocenters. The minimum absolute atomic E-state index is 0.258. The van der Waals surface area contributed by atoms with Gasteiger partial charge in [0.15, 0.2) is 0 Å². The highest BCUT2D eigenvalue weighted by molar-refractivity contribution is 6.04. The summed E-state index contributed by atoms with van der Waals surface area (Å²) in [5.74, 6) is 1.56. The van der Waals surface area contributed by atoms with E-state index >= 15 is 0 Å². The van der Waals surface area contributed by atoms with E-state index in [-0.39, 0.29) is 5.56 Å².